The molecule has 0 aliphatic carbocycles. The first-order chi connectivity index (χ1) is 6.60. The molecule has 5 nitrogen and oxygen atoms in total. The first-order valence-corrected chi connectivity index (χ1v) is 6.15. The zero-order valence-electron chi connectivity index (χ0n) is 7.76. The quantitative estimate of drug-likeness (QED) is 0.670. The van der Waals surface area contributed by atoms with E-state index in [-0.39, 0.29) is 0 Å². The maximum Gasteiger partial charge on any atom is 0.219 e. The van der Waals surface area contributed by atoms with Gasteiger partial charge in [-0.3, -0.25) is 0 Å². The topological polar surface area (TPSA) is 85.9 Å². The van der Waals surface area contributed by atoms with Crippen LogP contribution in [-0.2, 0) is 9.84 Å². The number of nitrogen functional groups attached to an aromatic ring is 1. The number of aromatic nitrogens is 2. The fourth-order valence-electron chi connectivity index (χ4n) is 1.06. The minimum Gasteiger partial charge on any atom is -0.368 e. The minimum absolute atomic E-state index is 0.322. The minimum atomic E-state index is -2.55. The van der Waals surface area contributed by atoms with Crippen molar-refractivity contribution in [1.29, 1.82) is 0 Å². The predicted octanol–water partition coefficient (Wildman–Crippen LogP) is 0.254. The molecule has 2 rings (SSSR count). The van der Waals surface area contributed by atoms with Gasteiger partial charge in [-0.15, -0.1) is 0 Å². The van der Waals surface area contributed by atoms with E-state index in [9.17, 15) is 8.42 Å². The lowest BCUT2D eigenvalue weighted by atomic mass is 10.4. The molecule has 0 spiro atoms. The molecule has 0 amide bonds. The summed E-state index contributed by atoms with van der Waals surface area (Å²) < 4.78 is 20.9. The Balaban J connectivity index is 0.000000140. The molecular formula is C8H13N3O2S. The Labute approximate surface area is 83.3 Å². The average Bonchev–Trinajstić information content (AvgIpc) is 2.52. The van der Waals surface area contributed by atoms with E-state index in [1.165, 1.54) is 0 Å². The van der Waals surface area contributed by atoms with Crippen molar-refractivity contribution in [1.82, 2.24) is 9.97 Å². The van der Waals surface area contributed by atoms with E-state index < -0.39 is 9.84 Å². The number of hydrogen-bond acceptors (Lipinski definition) is 5. The summed E-state index contributed by atoms with van der Waals surface area (Å²) in [7, 11) is -2.55. The second kappa shape index (κ2) is 4.90. The summed E-state index contributed by atoms with van der Waals surface area (Å²) in [6.45, 7) is 0. The van der Waals surface area contributed by atoms with Gasteiger partial charge in [-0.2, -0.15) is 0 Å². The monoisotopic (exact) mass is 215 g/mol. The van der Waals surface area contributed by atoms with Gasteiger partial charge >= 0.3 is 0 Å². The molecule has 1 aliphatic heterocycles. The third kappa shape index (κ3) is 4.18. The van der Waals surface area contributed by atoms with Crippen molar-refractivity contribution in [2.75, 3.05) is 17.2 Å². The number of nitrogens with two attached hydrogens (primary N) is 1. The van der Waals surface area contributed by atoms with Crippen molar-refractivity contribution in [2.24, 2.45) is 0 Å². The second-order valence-corrected chi connectivity index (χ2v) is 5.27. The molecule has 2 N–H and O–H groups in total. The van der Waals surface area contributed by atoms with Crippen molar-refractivity contribution in [3.63, 3.8) is 0 Å². The van der Waals surface area contributed by atoms with Crippen LogP contribution in [0.5, 0.6) is 0 Å². The molecule has 14 heavy (non-hydrogen) atoms. The molecule has 0 radical (unpaired) electrons. The van der Waals surface area contributed by atoms with Gasteiger partial charge in [-0.05, 0) is 18.9 Å². The molecule has 1 fully saturated rings. The van der Waals surface area contributed by atoms with Crippen molar-refractivity contribution < 1.29 is 8.42 Å². The first kappa shape index (κ1) is 10.9. The third-order valence-corrected chi connectivity index (χ3v) is 3.57. The van der Waals surface area contributed by atoms with Gasteiger partial charge in [0.2, 0.25) is 5.95 Å². The van der Waals surface area contributed by atoms with Crippen molar-refractivity contribution in [2.45, 2.75) is 12.8 Å². The van der Waals surface area contributed by atoms with Gasteiger partial charge in [0, 0.05) is 12.4 Å². The Morgan fingerprint density at radius 3 is 1.86 bits per heavy atom. The SMILES string of the molecule is Nc1ncccn1.O=S1(=O)CCCC1. The summed E-state index contributed by atoms with van der Waals surface area (Å²) in [5, 5.41) is 0. The Morgan fingerprint density at radius 1 is 1.14 bits per heavy atom. The van der Waals surface area contributed by atoms with E-state index in [2.05, 4.69) is 9.97 Å². The van der Waals surface area contributed by atoms with Gasteiger partial charge in [-0.25, -0.2) is 18.4 Å². The Kier molecular flexibility index (Phi) is 3.82. The zero-order valence-corrected chi connectivity index (χ0v) is 8.57. The molecule has 1 aromatic heterocycles. The summed E-state index contributed by atoms with van der Waals surface area (Å²) in [4.78, 5) is 7.29. The predicted molar refractivity (Wildman–Crippen MR) is 54.3 cm³/mol. The lowest BCUT2D eigenvalue weighted by molar-refractivity contribution is 0.602. The highest BCUT2D eigenvalue weighted by Gasteiger charge is 2.16. The number of hydrogen-bond donors (Lipinski definition) is 1. The number of rotatable bonds is 0. The molecule has 78 valence electrons. The van der Waals surface area contributed by atoms with Crippen LogP contribution in [0.15, 0.2) is 18.5 Å². The third-order valence-electron chi connectivity index (χ3n) is 1.75. The fraction of sp³-hybridized carbons (Fsp3) is 0.500. The molecule has 1 aromatic rings. The Bertz CT molecular complexity index is 351. The molecule has 0 bridgehead atoms. The van der Waals surface area contributed by atoms with E-state index >= 15 is 0 Å². The summed E-state index contributed by atoms with van der Waals surface area (Å²) in [5.74, 6) is 1.17. The van der Waals surface area contributed by atoms with Gasteiger partial charge in [0.1, 0.15) is 9.84 Å². The van der Waals surface area contributed by atoms with Crippen molar-refractivity contribution in [3.8, 4) is 0 Å². The van der Waals surface area contributed by atoms with Crippen LogP contribution < -0.4 is 5.73 Å². The molecule has 1 aliphatic rings. The molecule has 0 atom stereocenters. The summed E-state index contributed by atoms with van der Waals surface area (Å²) in [6.07, 6.45) is 4.95. The van der Waals surface area contributed by atoms with Gasteiger partial charge in [0.05, 0.1) is 11.5 Å². The zero-order chi connectivity index (χ0) is 10.4. The summed E-state index contributed by atoms with van der Waals surface area (Å²) in [5.41, 5.74) is 5.14. The van der Waals surface area contributed by atoms with Gasteiger partial charge in [0.15, 0.2) is 0 Å². The average molecular weight is 215 g/mol. The lowest BCUT2D eigenvalue weighted by Crippen LogP contribution is -1.98. The van der Waals surface area contributed by atoms with Crippen LogP contribution in [0.3, 0.4) is 0 Å². The second-order valence-electron chi connectivity index (χ2n) is 2.97. The molecule has 6 heteroatoms. The normalized spacial score (nSPS) is 18.3. The van der Waals surface area contributed by atoms with E-state index in [0.29, 0.717) is 17.5 Å². The summed E-state index contributed by atoms with van der Waals surface area (Å²) >= 11 is 0. The van der Waals surface area contributed by atoms with E-state index in [0.717, 1.165) is 12.8 Å². The van der Waals surface area contributed by atoms with Crippen LogP contribution >= 0.6 is 0 Å². The van der Waals surface area contributed by atoms with Gasteiger partial charge in [-0.1, -0.05) is 0 Å². The highest BCUT2D eigenvalue weighted by atomic mass is 32.2. The Hall–Kier alpha value is -1.17. The number of nitrogens with zero attached hydrogens (tertiary/aromatic N) is 2. The van der Waals surface area contributed by atoms with E-state index in [1.54, 1.807) is 18.5 Å². The van der Waals surface area contributed by atoms with Gasteiger partial charge in [0.25, 0.3) is 0 Å². The standard InChI is InChI=1S/C4H5N3.C4H8O2S/c5-4-6-2-1-3-7-4;5-7(6)3-1-2-4-7/h1-3H,(H2,5,6,7);1-4H2. The Morgan fingerprint density at radius 2 is 1.64 bits per heavy atom. The highest BCUT2D eigenvalue weighted by Crippen LogP contribution is 2.08. The van der Waals surface area contributed by atoms with Gasteiger partial charge < -0.3 is 5.73 Å². The highest BCUT2D eigenvalue weighted by molar-refractivity contribution is 7.91. The van der Waals surface area contributed by atoms with Crippen LogP contribution in [0.1, 0.15) is 12.8 Å². The molecular weight excluding hydrogens is 202 g/mol. The van der Waals surface area contributed by atoms with E-state index in [4.69, 9.17) is 5.73 Å². The van der Waals surface area contributed by atoms with Crippen LogP contribution in [0, 0.1) is 0 Å². The number of sulfone groups is 1. The maximum absolute atomic E-state index is 10.4. The van der Waals surface area contributed by atoms with E-state index in [1.807, 2.05) is 0 Å². The van der Waals surface area contributed by atoms with Crippen LogP contribution in [0.25, 0.3) is 0 Å². The van der Waals surface area contributed by atoms with Crippen LogP contribution in [-0.4, -0.2) is 29.9 Å². The molecule has 0 aromatic carbocycles. The maximum atomic E-state index is 10.4. The molecule has 2 heterocycles. The lowest BCUT2D eigenvalue weighted by Gasteiger charge is -1.82. The van der Waals surface area contributed by atoms with Crippen molar-refractivity contribution in [3.05, 3.63) is 18.5 Å². The first-order valence-electron chi connectivity index (χ1n) is 4.33. The molecule has 0 saturated carbocycles. The van der Waals surface area contributed by atoms with Crippen LogP contribution in [0.4, 0.5) is 5.95 Å². The number of anilines is 1. The largest absolute Gasteiger partial charge is 0.368 e. The molecule has 1 saturated heterocycles. The summed E-state index contributed by atoms with van der Waals surface area (Å²) in [6, 6.07) is 1.72. The van der Waals surface area contributed by atoms with Crippen molar-refractivity contribution >= 4 is 15.8 Å². The molecule has 0 unspecified atom stereocenters. The fourth-order valence-corrected chi connectivity index (χ4v) is 2.55. The smallest absolute Gasteiger partial charge is 0.219 e. The van der Waals surface area contributed by atoms with Crippen LogP contribution in [0.2, 0.25) is 0 Å².